The van der Waals surface area contributed by atoms with Gasteiger partial charge in [-0.2, -0.15) is 9.40 Å². The van der Waals surface area contributed by atoms with Crippen LogP contribution in [0.3, 0.4) is 0 Å². The number of fused-ring (bicyclic) bond motifs is 1. The maximum absolute atomic E-state index is 12.6. The van der Waals surface area contributed by atoms with Gasteiger partial charge in [0.05, 0.1) is 11.9 Å². The molecule has 3 rings (SSSR count). The first-order valence-corrected chi connectivity index (χ1v) is 7.63. The summed E-state index contributed by atoms with van der Waals surface area (Å²) in [5.41, 5.74) is 0.699. The molecule has 0 aromatic carbocycles. The molecule has 1 aromatic heterocycles. The summed E-state index contributed by atoms with van der Waals surface area (Å²) < 4.78 is 28.3. The fraction of sp³-hybridized carbons (Fsp3) is 0.727. The van der Waals surface area contributed by atoms with Crippen molar-refractivity contribution in [3.63, 3.8) is 0 Å². The van der Waals surface area contributed by atoms with Crippen molar-refractivity contribution in [1.82, 2.24) is 19.4 Å². The van der Waals surface area contributed by atoms with Crippen molar-refractivity contribution >= 4 is 22.4 Å². The van der Waals surface area contributed by atoms with E-state index in [1.165, 1.54) is 6.20 Å². The molecule has 1 aromatic rings. The van der Waals surface area contributed by atoms with Crippen LogP contribution in [0, 0.1) is 18.8 Å². The third kappa shape index (κ3) is 2.29. The van der Waals surface area contributed by atoms with Crippen LogP contribution in [0.15, 0.2) is 11.1 Å². The number of nitrogens with one attached hydrogen (secondary N) is 1. The molecular weight excluding hydrogens is 288 g/mol. The quantitative estimate of drug-likeness (QED) is 0.834. The number of halogens is 1. The van der Waals surface area contributed by atoms with Gasteiger partial charge in [-0.1, -0.05) is 0 Å². The van der Waals surface area contributed by atoms with E-state index in [9.17, 15) is 8.42 Å². The molecule has 2 saturated heterocycles. The van der Waals surface area contributed by atoms with Crippen molar-refractivity contribution in [2.75, 3.05) is 26.2 Å². The van der Waals surface area contributed by atoms with Gasteiger partial charge in [-0.05, 0) is 31.8 Å². The molecule has 0 bridgehead atoms. The van der Waals surface area contributed by atoms with E-state index in [1.807, 2.05) is 0 Å². The van der Waals surface area contributed by atoms with Crippen LogP contribution >= 0.6 is 12.4 Å². The molecular formula is C11H19ClN4O2S. The van der Waals surface area contributed by atoms with Crippen LogP contribution in [0.5, 0.6) is 0 Å². The zero-order valence-electron chi connectivity index (χ0n) is 11.0. The molecule has 0 aliphatic carbocycles. The normalized spacial score (nSPS) is 27.3. The Bertz CT molecular complexity index is 559. The smallest absolute Gasteiger partial charge is 0.246 e. The van der Waals surface area contributed by atoms with E-state index in [1.54, 1.807) is 23.0 Å². The molecule has 2 atom stereocenters. The Morgan fingerprint density at radius 2 is 1.89 bits per heavy atom. The molecule has 2 aliphatic heterocycles. The van der Waals surface area contributed by atoms with Gasteiger partial charge in [0.1, 0.15) is 4.90 Å². The minimum absolute atomic E-state index is 0. The molecule has 0 saturated carbocycles. The lowest BCUT2D eigenvalue weighted by molar-refractivity contribution is 0.447. The molecule has 8 heteroatoms. The molecule has 2 fully saturated rings. The summed E-state index contributed by atoms with van der Waals surface area (Å²) in [5, 5.41) is 7.34. The lowest BCUT2D eigenvalue weighted by Gasteiger charge is -2.16. The maximum Gasteiger partial charge on any atom is 0.246 e. The fourth-order valence-electron chi connectivity index (χ4n) is 2.88. The highest BCUT2D eigenvalue weighted by atomic mass is 35.5. The van der Waals surface area contributed by atoms with Crippen LogP contribution in [-0.4, -0.2) is 48.7 Å². The SMILES string of the molecule is Cc1c(S(=O)(=O)N2C[C@H]3CNC[C@H]3C2)cnn1C.Cl. The van der Waals surface area contributed by atoms with Crippen LogP contribution in [0.2, 0.25) is 0 Å². The number of aromatic nitrogens is 2. The number of hydrogen-bond donors (Lipinski definition) is 1. The topological polar surface area (TPSA) is 67.2 Å². The van der Waals surface area contributed by atoms with E-state index >= 15 is 0 Å². The summed E-state index contributed by atoms with van der Waals surface area (Å²) in [5.74, 6) is 0.938. The van der Waals surface area contributed by atoms with Gasteiger partial charge in [-0.15, -0.1) is 12.4 Å². The number of hydrogen-bond acceptors (Lipinski definition) is 4. The number of rotatable bonds is 2. The summed E-state index contributed by atoms with van der Waals surface area (Å²) in [6.45, 7) is 4.92. The van der Waals surface area contributed by atoms with E-state index in [-0.39, 0.29) is 12.4 Å². The van der Waals surface area contributed by atoms with Gasteiger partial charge in [0.15, 0.2) is 0 Å². The van der Waals surface area contributed by atoms with Crippen molar-refractivity contribution in [3.8, 4) is 0 Å². The van der Waals surface area contributed by atoms with Crippen molar-refractivity contribution < 1.29 is 8.42 Å². The zero-order chi connectivity index (χ0) is 12.9. The highest BCUT2D eigenvalue weighted by Crippen LogP contribution is 2.31. The second-order valence-corrected chi connectivity index (χ2v) is 7.12. The summed E-state index contributed by atoms with van der Waals surface area (Å²) in [6, 6.07) is 0. The first-order chi connectivity index (χ1) is 8.50. The van der Waals surface area contributed by atoms with Crippen molar-refractivity contribution in [1.29, 1.82) is 0 Å². The molecule has 108 valence electrons. The third-order valence-electron chi connectivity index (χ3n) is 4.16. The Balaban J connectivity index is 0.00000133. The standard InChI is InChI=1S/C11H18N4O2S.ClH/c1-8-11(5-13-14(8)2)18(16,17)15-6-9-3-12-4-10(9)7-15;/h5,9-10,12H,3-4,6-7H2,1-2H3;1H/t9-,10+;. The molecule has 3 heterocycles. The molecule has 0 radical (unpaired) electrons. The highest BCUT2D eigenvalue weighted by molar-refractivity contribution is 7.89. The Hall–Kier alpha value is -0.630. The Kier molecular flexibility index (Phi) is 3.92. The zero-order valence-corrected chi connectivity index (χ0v) is 12.7. The van der Waals surface area contributed by atoms with Crippen molar-refractivity contribution in [3.05, 3.63) is 11.9 Å². The van der Waals surface area contributed by atoms with Crippen LogP contribution in [0.4, 0.5) is 0 Å². The van der Waals surface area contributed by atoms with Gasteiger partial charge in [-0.3, -0.25) is 4.68 Å². The molecule has 0 amide bonds. The van der Waals surface area contributed by atoms with E-state index in [0.29, 0.717) is 35.5 Å². The van der Waals surface area contributed by atoms with Crippen LogP contribution in [-0.2, 0) is 17.1 Å². The monoisotopic (exact) mass is 306 g/mol. The first-order valence-electron chi connectivity index (χ1n) is 6.19. The number of sulfonamides is 1. The van der Waals surface area contributed by atoms with Gasteiger partial charge < -0.3 is 5.32 Å². The average Bonchev–Trinajstić information content (AvgIpc) is 2.94. The molecule has 2 aliphatic rings. The summed E-state index contributed by atoms with van der Waals surface area (Å²) >= 11 is 0. The molecule has 0 spiro atoms. The van der Waals surface area contributed by atoms with E-state index in [2.05, 4.69) is 10.4 Å². The Morgan fingerprint density at radius 1 is 1.32 bits per heavy atom. The number of aryl methyl sites for hydroxylation is 1. The van der Waals surface area contributed by atoms with Gasteiger partial charge in [0, 0.05) is 20.1 Å². The lowest BCUT2D eigenvalue weighted by atomic mass is 10.0. The molecule has 0 unspecified atom stereocenters. The van der Waals surface area contributed by atoms with Crippen molar-refractivity contribution in [2.24, 2.45) is 18.9 Å². The summed E-state index contributed by atoms with van der Waals surface area (Å²) in [7, 11) is -1.61. The van der Waals surface area contributed by atoms with E-state index in [4.69, 9.17) is 0 Å². The van der Waals surface area contributed by atoms with Crippen LogP contribution < -0.4 is 5.32 Å². The van der Waals surface area contributed by atoms with E-state index < -0.39 is 10.0 Å². The van der Waals surface area contributed by atoms with Gasteiger partial charge in [0.25, 0.3) is 0 Å². The predicted molar refractivity (Wildman–Crippen MR) is 73.8 cm³/mol. The highest BCUT2D eigenvalue weighted by Gasteiger charge is 2.42. The second-order valence-electron chi connectivity index (χ2n) is 5.22. The molecule has 6 nitrogen and oxygen atoms in total. The molecule has 19 heavy (non-hydrogen) atoms. The summed E-state index contributed by atoms with van der Waals surface area (Å²) in [6.07, 6.45) is 1.46. The fourth-order valence-corrected chi connectivity index (χ4v) is 4.62. The molecule has 1 N–H and O–H groups in total. The lowest BCUT2D eigenvalue weighted by Crippen LogP contribution is -2.32. The minimum atomic E-state index is -3.37. The van der Waals surface area contributed by atoms with Crippen LogP contribution in [0.1, 0.15) is 5.69 Å². The Morgan fingerprint density at radius 3 is 2.37 bits per heavy atom. The third-order valence-corrected chi connectivity index (χ3v) is 6.10. The summed E-state index contributed by atoms with van der Waals surface area (Å²) in [4.78, 5) is 0.345. The maximum atomic E-state index is 12.6. The largest absolute Gasteiger partial charge is 0.316 e. The van der Waals surface area contributed by atoms with Gasteiger partial charge >= 0.3 is 0 Å². The Labute approximate surface area is 119 Å². The predicted octanol–water partition coefficient (Wildman–Crippen LogP) is -0.00978. The van der Waals surface area contributed by atoms with Gasteiger partial charge in [-0.25, -0.2) is 8.42 Å². The van der Waals surface area contributed by atoms with Crippen molar-refractivity contribution in [2.45, 2.75) is 11.8 Å². The van der Waals surface area contributed by atoms with Gasteiger partial charge in [0.2, 0.25) is 10.0 Å². The first kappa shape index (κ1) is 14.8. The van der Waals surface area contributed by atoms with E-state index in [0.717, 1.165) is 13.1 Å². The average molecular weight is 307 g/mol. The second kappa shape index (κ2) is 5.05. The minimum Gasteiger partial charge on any atom is -0.316 e. The number of nitrogens with zero attached hydrogens (tertiary/aromatic N) is 3. The van der Waals surface area contributed by atoms with Crippen LogP contribution in [0.25, 0.3) is 0 Å².